The van der Waals surface area contributed by atoms with Crippen molar-refractivity contribution in [3.8, 4) is 0 Å². The predicted octanol–water partition coefficient (Wildman–Crippen LogP) is 2.48. The van der Waals surface area contributed by atoms with Crippen molar-refractivity contribution in [3.05, 3.63) is 33.9 Å². The van der Waals surface area contributed by atoms with Crippen LogP contribution in [0.5, 0.6) is 0 Å². The van der Waals surface area contributed by atoms with Crippen molar-refractivity contribution in [2.24, 2.45) is 0 Å². The number of ether oxygens (including phenoxy) is 2. The maximum atomic E-state index is 13.8. The molecule has 3 unspecified atom stereocenters. The average Bonchev–Trinajstić information content (AvgIpc) is 2.39. The molecule has 0 spiro atoms. The minimum Gasteiger partial charge on any atom is -0.377 e. The second kappa shape index (κ2) is 6.31. The molecular weight excluding hydrogens is 286 g/mol. The van der Waals surface area contributed by atoms with E-state index in [1.54, 1.807) is 0 Å². The number of hydrogen-bond acceptors (Lipinski definition) is 5. The maximum Gasteiger partial charge on any atom is 0.298 e. The van der Waals surface area contributed by atoms with Crippen LogP contribution < -0.4 is 5.32 Å². The van der Waals surface area contributed by atoms with Crippen molar-refractivity contribution in [2.45, 2.75) is 31.6 Å². The molecule has 1 N–H and O–H groups in total. The lowest BCUT2D eigenvalue weighted by Crippen LogP contribution is -2.57. The number of halogens is 2. The molecule has 0 aromatic heterocycles. The second-order valence-electron chi connectivity index (χ2n) is 4.72. The third-order valence-electron chi connectivity index (χ3n) is 3.46. The van der Waals surface area contributed by atoms with Crippen LogP contribution in [-0.2, 0) is 9.47 Å². The molecule has 1 aromatic rings. The Morgan fingerprint density at radius 1 is 1.48 bits per heavy atom. The molecule has 3 atom stereocenters. The minimum absolute atomic E-state index is 0.139. The highest BCUT2D eigenvalue weighted by atomic mass is 19.1. The number of nitro groups is 1. The van der Waals surface area contributed by atoms with Gasteiger partial charge in [0.05, 0.1) is 23.1 Å². The molecule has 1 aromatic carbocycles. The summed E-state index contributed by atoms with van der Waals surface area (Å²) < 4.78 is 37.5. The van der Waals surface area contributed by atoms with Gasteiger partial charge >= 0.3 is 0 Å². The quantitative estimate of drug-likeness (QED) is 0.645. The van der Waals surface area contributed by atoms with E-state index >= 15 is 0 Å². The van der Waals surface area contributed by atoms with E-state index in [-0.39, 0.29) is 23.9 Å². The molecule has 8 heteroatoms. The number of methoxy groups -OCH3 is 1. The van der Waals surface area contributed by atoms with Crippen LogP contribution in [0.2, 0.25) is 0 Å². The maximum absolute atomic E-state index is 13.8. The normalized spacial score (nSPS) is 24.5. The van der Waals surface area contributed by atoms with Crippen LogP contribution in [0.4, 0.5) is 20.2 Å². The van der Waals surface area contributed by atoms with Gasteiger partial charge in [0, 0.05) is 19.8 Å². The van der Waals surface area contributed by atoms with Crippen LogP contribution in [0.25, 0.3) is 0 Å². The summed E-state index contributed by atoms with van der Waals surface area (Å²) >= 11 is 0. The van der Waals surface area contributed by atoms with E-state index in [9.17, 15) is 18.9 Å². The smallest absolute Gasteiger partial charge is 0.298 e. The van der Waals surface area contributed by atoms with Crippen LogP contribution in [0.15, 0.2) is 12.1 Å². The molecule has 1 aliphatic carbocycles. The molecule has 0 aliphatic heterocycles. The third-order valence-corrected chi connectivity index (χ3v) is 3.46. The van der Waals surface area contributed by atoms with Gasteiger partial charge in [-0.1, -0.05) is 0 Å². The Balaban J connectivity index is 2.19. The topological polar surface area (TPSA) is 73.6 Å². The van der Waals surface area contributed by atoms with Crippen LogP contribution in [0.1, 0.15) is 13.3 Å². The molecular formula is C13H16F2N2O4. The fraction of sp³-hybridized carbons (Fsp3) is 0.538. The van der Waals surface area contributed by atoms with Crippen LogP contribution >= 0.6 is 0 Å². The van der Waals surface area contributed by atoms with Crippen LogP contribution in [0, 0.1) is 21.7 Å². The van der Waals surface area contributed by atoms with E-state index in [1.807, 2.05) is 6.92 Å². The molecule has 0 amide bonds. The summed E-state index contributed by atoms with van der Waals surface area (Å²) in [6.07, 6.45) is 0.0504. The highest BCUT2D eigenvalue weighted by Crippen LogP contribution is 2.35. The van der Waals surface area contributed by atoms with E-state index in [0.717, 1.165) is 0 Å². The number of nitro benzene ring substituents is 1. The van der Waals surface area contributed by atoms with Crippen molar-refractivity contribution in [2.75, 3.05) is 19.0 Å². The molecule has 1 saturated carbocycles. The number of nitrogens with one attached hydrogen (secondary N) is 1. The Labute approximate surface area is 120 Å². The number of hydrogen-bond donors (Lipinski definition) is 1. The van der Waals surface area contributed by atoms with Crippen LogP contribution in [0.3, 0.4) is 0 Å². The summed E-state index contributed by atoms with van der Waals surface area (Å²) in [6, 6.07) is 0.965. The Bertz CT molecular complexity index is 541. The summed E-state index contributed by atoms with van der Waals surface area (Å²) in [7, 11) is 1.49. The van der Waals surface area contributed by atoms with Gasteiger partial charge in [-0.2, -0.15) is 0 Å². The van der Waals surface area contributed by atoms with Gasteiger partial charge < -0.3 is 14.8 Å². The molecule has 21 heavy (non-hydrogen) atoms. The molecule has 6 nitrogen and oxygen atoms in total. The lowest BCUT2D eigenvalue weighted by atomic mass is 9.85. The summed E-state index contributed by atoms with van der Waals surface area (Å²) in [6.45, 7) is 2.36. The summed E-state index contributed by atoms with van der Waals surface area (Å²) in [4.78, 5) is 10.1. The molecule has 0 bridgehead atoms. The number of rotatable bonds is 6. The third kappa shape index (κ3) is 3.11. The van der Waals surface area contributed by atoms with E-state index in [4.69, 9.17) is 9.47 Å². The lowest BCUT2D eigenvalue weighted by Gasteiger charge is -2.43. The second-order valence-corrected chi connectivity index (χ2v) is 4.72. The van der Waals surface area contributed by atoms with Gasteiger partial charge in [-0.15, -0.1) is 0 Å². The van der Waals surface area contributed by atoms with Crippen LogP contribution in [-0.4, -0.2) is 36.9 Å². The molecule has 116 valence electrons. The summed E-state index contributed by atoms with van der Waals surface area (Å²) in [5.74, 6) is -2.00. The first-order chi connectivity index (χ1) is 9.97. The molecule has 2 rings (SSSR count). The number of benzene rings is 1. The van der Waals surface area contributed by atoms with E-state index in [2.05, 4.69) is 5.32 Å². The summed E-state index contributed by atoms with van der Waals surface area (Å²) in [5, 5.41) is 13.6. The Morgan fingerprint density at radius 3 is 2.76 bits per heavy atom. The zero-order chi connectivity index (χ0) is 15.6. The average molecular weight is 302 g/mol. The predicted molar refractivity (Wildman–Crippen MR) is 71.3 cm³/mol. The minimum atomic E-state index is -1.00. The highest BCUT2D eigenvalue weighted by Gasteiger charge is 2.43. The first kappa shape index (κ1) is 15.6. The summed E-state index contributed by atoms with van der Waals surface area (Å²) in [5.41, 5.74) is -0.967. The van der Waals surface area contributed by atoms with Gasteiger partial charge in [-0.25, -0.2) is 8.78 Å². The van der Waals surface area contributed by atoms with E-state index < -0.39 is 22.2 Å². The van der Waals surface area contributed by atoms with Crippen molar-refractivity contribution in [1.29, 1.82) is 0 Å². The first-order valence-electron chi connectivity index (χ1n) is 6.52. The molecule has 1 fully saturated rings. The monoisotopic (exact) mass is 302 g/mol. The molecule has 0 heterocycles. The Morgan fingerprint density at radius 2 is 2.19 bits per heavy atom. The molecule has 1 aliphatic rings. The molecule has 0 radical (unpaired) electrons. The van der Waals surface area contributed by atoms with Crippen molar-refractivity contribution >= 4 is 11.4 Å². The van der Waals surface area contributed by atoms with Crippen molar-refractivity contribution in [1.82, 2.24) is 0 Å². The molecule has 0 saturated heterocycles. The fourth-order valence-electron chi connectivity index (χ4n) is 2.45. The SMILES string of the molecule is CCOC1CC(Nc2c(F)cc(F)cc2[N+](=O)[O-])C1OC. The van der Waals surface area contributed by atoms with Gasteiger partial charge in [-0.3, -0.25) is 10.1 Å². The van der Waals surface area contributed by atoms with E-state index in [1.165, 1.54) is 7.11 Å². The van der Waals surface area contributed by atoms with Crippen molar-refractivity contribution in [3.63, 3.8) is 0 Å². The zero-order valence-electron chi connectivity index (χ0n) is 11.6. The standard InChI is InChI=1S/C13H16F2N2O4/c1-3-21-11-6-9(13(11)20-2)16-12-8(15)4-7(14)5-10(12)17(18)19/h4-5,9,11,13,16H,3,6H2,1-2H3. The van der Waals surface area contributed by atoms with Crippen molar-refractivity contribution < 1.29 is 23.2 Å². The van der Waals surface area contributed by atoms with Gasteiger partial charge in [0.2, 0.25) is 0 Å². The largest absolute Gasteiger partial charge is 0.377 e. The van der Waals surface area contributed by atoms with Gasteiger partial charge in [0.15, 0.2) is 5.82 Å². The Kier molecular flexibility index (Phi) is 4.69. The number of nitrogens with zero attached hydrogens (tertiary/aromatic N) is 1. The highest BCUT2D eigenvalue weighted by molar-refractivity contribution is 5.63. The number of anilines is 1. The first-order valence-corrected chi connectivity index (χ1v) is 6.52. The van der Waals surface area contributed by atoms with Gasteiger partial charge in [0.25, 0.3) is 5.69 Å². The van der Waals surface area contributed by atoms with E-state index in [0.29, 0.717) is 25.2 Å². The van der Waals surface area contributed by atoms with Gasteiger partial charge in [0.1, 0.15) is 17.6 Å². The zero-order valence-corrected chi connectivity index (χ0v) is 11.6. The van der Waals surface area contributed by atoms with Gasteiger partial charge in [-0.05, 0) is 13.3 Å². The Hall–Kier alpha value is -1.80. The fourth-order valence-corrected chi connectivity index (χ4v) is 2.45. The lowest BCUT2D eigenvalue weighted by molar-refractivity contribution is -0.384.